The maximum atomic E-state index is 13.9. The number of aliphatic carboxylic acids is 1. The van der Waals surface area contributed by atoms with Crippen molar-refractivity contribution in [2.24, 2.45) is 5.92 Å². The molecule has 4 heterocycles. The number of alkyl halides is 6. The number of thiophene rings is 1. The van der Waals surface area contributed by atoms with Gasteiger partial charge >= 0.3 is 18.3 Å². The monoisotopic (exact) mass is 831 g/mol. The molecule has 2 amide bonds. The maximum Gasteiger partial charge on any atom is 0.425 e. The number of unbranched alkanes of at least 4 members (excludes halogenated alkanes) is 2. The van der Waals surface area contributed by atoms with Crippen LogP contribution in [0.2, 0.25) is 0 Å². The van der Waals surface area contributed by atoms with E-state index in [0.29, 0.717) is 80.3 Å². The molecule has 5 rings (SSSR count). The third-order valence-electron chi connectivity index (χ3n) is 9.75. The summed E-state index contributed by atoms with van der Waals surface area (Å²) in [5.74, 6) is -2.09. The highest BCUT2D eigenvalue weighted by Gasteiger charge is 2.44. The summed E-state index contributed by atoms with van der Waals surface area (Å²) in [4.78, 5) is 44.3. The Morgan fingerprint density at radius 1 is 0.982 bits per heavy atom. The van der Waals surface area contributed by atoms with E-state index in [9.17, 15) is 45.8 Å². The maximum absolute atomic E-state index is 13.9. The van der Waals surface area contributed by atoms with Gasteiger partial charge in [0, 0.05) is 61.5 Å². The third-order valence-corrected chi connectivity index (χ3v) is 10.7. The zero-order valence-electron chi connectivity index (χ0n) is 32.2. The van der Waals surface area contributed by atoms with E-state index in [1.807, 2.05) is 39.0 Å². The predicted molar refractivity (Wildman–Crippen MR) is 202 cm³/mol. The van der Waals surface area contributed by atoms with Crippen LogP contribution in [0, 0.1) is 5.92 Å². The highest BCUT2D eigenvalue weighted by Crippen LogP contribution is 2.40. The lowest BCUT2D eigenvalue weighted by Gasteiger charge is -2.45. The van der Waals surface area contributed by atoms with Gasteiger partial charge < -0.3 is 29.9 Å². The average Bonchev–Trinajstić information content (AvgIpc) is 3.64. The van der Waals surface area contributed by atoms with E-state index in [1.165, 1.54) is 4.90 Å². The first-order chi connectivity index (χ1) is 27.0. The molecule has 0 spiro atoms. The summed E-state index contributed by atoms with van der Waals surface area (Å²) < 4.78 is 82.2. The highest BCUT2D eigenvalue weighted by atomic mass is 32.1. The summed E-state index contributed by atoms with van der Waals surface area (Å²) >= 11 is 0.481. The van der Waals surface area contributed by atoms with Crippen LogP contribution in [0.25, 0.3) is 0 Å². The number of carbonyl (C=O) groups is 3. The third kappa shape index (κ3) is 13.1. The van der Waals surface area contributed by atoms with Crippen molar-refractivity contribution in [1.82, 2.24) is 14.8 Å². The molecule has 2 aromatic heterocycles. The van der Waals surface area contributed by atoms with Crippen molar-refractivity contribution in [3.8, 4) is 11.5 Å². The van der Waals surface area contributed by atoms with Crippen LogP contribution < -0.4 is 4.74 Å². The van der Waals surface area contributed by atoms with Crippen molar-refractivity contribution < 1.29 is 60.8 Å². The van der Waals surface area contributed by atoms with Gasteiger partial charge in [-0.15, -0.1) is 11.3 Å². The average molecular weight is 832 g/mol. The Labute approximate surface area is 332 Å². The summed E-state index contributed by atoms with van der Waals surface area (Å²) in [6.45, 7) is 7.12. The zero-order chi connectivity index (χ0) is 42.4. The van der Waals surface area contributed by atoms with Crippen LogP contribution in [0.1, 0.15) is 111 Å². The summed E-state index contributed by atoms with van der Waals surface area (Å²) in [5, 5.41) is 30.0. The second kappa shape index (κ2) is 21.4. The summed E-state index contributed by atoms with van der Waals surface area (Å²) in [7, 11) is 0. The van der Waals surface area contributed by atoms with Crippen molar-refractivity contribution in [3.05, 3.63) is 75.7 Å². The molecule has 316 valence electrons. The number of aromatic nitrogens is 1. The number of hydrogen-bond donors (Lipinski definition) is 3. The number of para-hydroxylation sites is 1. The summed E-state index contributed by atoms with van der Waals surface area (Å²) in [5.41, 5.74) is -2.13. The van der Waals surface area contributed by atoms with Crippen molar-refractivity contribution in [2.45, 2.75) is 109 Å². The lowest BCUT2D eigenvalue weighted by molar-refractivity contribution is -0.144. The van der Waals surface area contributed by atoms with Crippen LogP contribution in [0.3, 0.4) is 0 Å². The number of benzene rings is 1. The molecule has 0 aliphatic carbocycles. The van der Waals surface area contributed by atoms with E-state index in [1.54, 1.807) is 11.0 Å². The molecule has 3 N–H and O–H groups in total. The van der Waals surface area contributed by atoms with Crippen molar-refractivity contribution in [1.29, 1.82) is 0 Å². The van der Waals surface area contributed by atoms with E-state index < -0.39 is 57.8 Å². The normalized spacial score (nSPS) is 18.1. The number of ether oxygens (including phenoxy) is 1. The molecule has 2 aliphatic rings. The number of likely N-dealkylation sites (tertiary alicyclic amines) is 2. The van der Waals surface area contributed by atoms with Gasteiger partial charge in [-0.2, -0.15) is 26.3 Å². The van der Waals surface area contributed by atoms with E-state index in [4.69, 9.17) is 14.9 Å². The molecule has 3 aromatic rings. The quantitative estimate of drug-likeness (QED) is 0.121. The molecule has 17 heteroatoms. The van der Waals surface area contributed by atoms with Crippen molar-refractivity contribution >= 4 is 29.1 Å². The Morgan fingerprint density at radius 2 is 1.67 bits per heavy atom. The first-order valence-corrected chi connectivity index (χ1v) is 20.0. The lowest BCUT2D eigenvalue weighted by Crippen LogP contribution is -2.55. The molecule has 2 saturated heterocycles. The van der Waals surface area contributed by atoms with Crippen molar-refractivity contribution in [3.63, 3.8) is 0 Å². The SMILES string of the molecule is CC.CCCC1C(C(=O)N2CCC(O)(c3ccccc3OCCCCCC(=O)O)CC2)CCCN1C(=O)c1cnccc1C(F)(F)F.Oc1csc(C(F)(F)F)c1. The fraction of sp³-hybridized carbons (Fsp3) is 0.550. The fourth-order valence-electron chi connectivity index (χ4n) is 7.01. The number of rotatable bonds is 12. The Hall–Kier alpha value is -4.38. The Balaban J connectivity index is 0.000000624. The van der Waals surface area contributed by atoms with Gasteiger partial charge in [-0.3, -0.25) is 19.4 Å². The second-order valence-corrected chi connectivity index (χ2v) is 14.5. The smallest absolute Gasteiger partial charge is 0.425 e. The molecule has 57 heavy (non-hydrogen) atoms. The molecule has 0 saturated carbocycles. The molecule has 10 nitrogen and oxygen atoms in total. The van der Waals surface area contributed by atoms with Gasteiger partial charge in [-0.1, -0.05) is 45.4 Å². The number of hydrogen-bond acceptors (Lipinski definition) is 8. The van der Waals surface area contributed by atoms with Gasteiger partial charge in [0.15, 0.2) is 0 Å². The molecular weight excluding hydrogens is 781 g/mol. The largest absolute Gasteiger partial charge is 0.507 e. The zero-order valence-corrected chi connectivity index (χ0v) is 33.1. The van der Waals surface area contributed by atoms with Gasteiger partial charge in [0.2, 0.25) is 5.91 Å². The summed E-state index contributed by atoms with van der Waals surface area (Å²) in [6, 6.07) is 8.19. The van der Waals surface area contributed by atoms with Gasteiger partial charge in [0.1, 0.15) is 16.4 Å². The fourth-order valence-corrected chi connectivity index (χ4v) is 7.64. The molecule has 2 fully saturated rings. The number of amides is 2. The number of piperidine rings is 2. The molecule has 2 aliphatic heterocycles. The molecule has 2 unspecified atom stereocenters. The van der Waals surface area contributed by atoms with Crippen LogP contribution in [-0.4, -0.2) is 80.2 Å². The first kappa shape index (κ1) is 47.0. The Morgan fingerprint density at radius 3 is 2.25 bits per heavy atom. The van der Waals surface area contributed by atoms with Crippen LogP contribution in [0.5, 0.6) is 11.5 Å². The molecule has 1 aromatic carbocycles. The van der Waals surface area contributed by atoms with E-state index in [2.05, 4.69) is 4.98 Å². The molecule has 0 radical (unpaired) electrons. The Kier molecular flexibility index (Phi) is 17.6. The predicted octanol–water partition coefficient (Wildman–Crippen LogP) is 9.15. The standard InChI is InChI=1S/C33H42F3N3O6.C5H3F3OS.C2H6/c1-2-9-27-23(10-8-18-39(27)31(43)24-22-37-17-14-25(24)33(34,35)36)30(42)38-19-15-32(44,16-20-38)26-11-5-6-12-28(26)45-21-7-3-4-13-29(40)41;6-5(7,8)4-1-3(9)2-10-4;1-2/h5-6,11-12,14,17,22-23,27,44H,2-4,7-10,13,15-16,18-21H2,1H3,(H,40,41);1-2,9H;1-2H3. The van der Waals surface area contributed by atoms with Gasteiger partial charge in [0.25, 0.3) is 5.91 Å². The summed E-state index contributed by atoms with van der Waals surface area (Å²) in [6.07, 6.45) is -2.32. The number of carboxylic acids is 1. The van der Waals surface area contributed by atoms with Crippen LogP contribution >= 0.6 is 11.3 Å². The number of carboxylic acid groups (broad SMARTS) is 1. The van der Waals surface area contributed by atoms with Crippen LogP contribution in [0.15, 0.2) is 54.2 Å². The minimum atomic E-state index is -4.71. The van der Waals surface area contributed by atoms with Gasteiger partial charge in [-0.05, 0) is 63.5 Å². The van der Waals surface area contributed by atoms with Crippen LogP contribution in [-0.2, 0) is 27.5 Å². The minimum absolute atomic E-state index is 0.115. The van der Waals surface area contributed by atoms with Crippen LogP contribution in [0.4, 0.5) is 26.3 Å². The number of pyridine rings is 1. The van der Waals surface area contributed by atoms with Gasteiger partial charge in [-0.25, -0.2) is 0 Å². The number of nitrogens with zero attached hydrogens (tertiary/aromatic N) is 3. The Bertz CT molecular complexity index is 1740. The molecule has 0 bridgehead atoms. The number of halogens is 6. The highest BCUT2D eigenvalue weighted by molar-refractivity contribution is 7.10. The molecule has 2 atom stereocenters. The minimum Gasteiger partial charge on any atom is -0.507 e. The van der Waals surface area contributed by atoms with Gasteiger partial charge in [0.05, 0.1) is 29.3 Å². The topological polar surface area (TPSA) is 140 Å². The number of carbonyl (C=O) groups excluding carboxylic acids is 2. The first-order valence-electron chi connectivity index (χ1n) is 19.1. The second-order valence-electron chi connectivity index (χ2n) is 13.6. The van der Waals surface area contributed by atoms with E-state index in [0.717, 1.165) is 23.8 Å². The molecular formula is C40H51F6N3O7S. The van der Waals surface area contributed by atoms with Crippen molar-refractivity contribution in [2.75, 3.05) is 26.2 Å². The van der Waals surface area contributed by atoms with E-state index >= 15 is 0 Å². The van der Waals surface area contributed by atoms with E-state index in [-0.39, 0.29) is 50.6 Å². The number of aromatic hydroxyl groups is 1. The number of aliphatic hydroxyl groups is 1. The lowest BCUT2D eigenvalue weighted by atomic mass is 9.81.